The first-order valence-electron chi connectivity index (χ1n) is 5.95. The van der Waals surface area contributed by atoms with E-state index in [0.717, 1.165) is 31.9 Å². The van der Waals surface area contributed by atoms with Crippen molar-refractivity contribution in [3.63, 3.8) is 0 Å². The second kappa shape index (κ2) is 4.52. The number of hydrogen-bond donors (Lipinski definition) is 1. The smallest absolute Gasteiger partial charge is 0.0372 e. The molecule has 1 aliphatic heterocycles. The van der Waals surface area contributed by atoms with Crippen molar-refractivity contribution in [2.24, 2.45) is 11.1 Å². The minimum atomic E-state index is 0.318. The molecule has 2 heterocycles. The van der Waals surface area contributed by atoms with Gasteiger partial charge in [0.25, 0.3) is 0 Å². The molecule has 0 saturated carbocycles. The Balaban J connectivity index is 1.94. The molecule has 3 nitrogen and oxygen atoms in total. The molecule has 88 valence electrons. The van der Waals surface area contributed by atoms with Crippen LogP contribution >= 0.6 is 0 Å². The molecule has 0 aromatic carbocycles. The van der Waals surface area contributed by atoms with Crippen LogP contribution in [0.4, 0.5) is 0 Å². The summed E-state index contributed by atoms with van der Waals surface area (Å²) in [5.74, 6) is 0. The van der Waals surface area contributed by atoms with Crippen molar-refractivity contribution in [2.45, 2.75) is 26.8 Å². The topological polar surface area (TPSA) is 42.1 Å². The molecule has 16 heavy (non-hydrogen) atoms. The van der Waals surface area contributed by atoms with Gasteiger partial charge >= 0.3 is 0 Å². The van der Waals surface area contributed by atoms with Gasteiger partial charge < -0.3 is 5.73 Å². The lowest BCUT2D eigenvalue weighted by molar-refractivity contribution is 0.274. The van der Waals surface area contributed by atoms with Crippen molar-refractivity contribution in [1.82, 2.24) is 9.88 Å². The summed E-state index contributed by atoms with van der Waals surface area (Å²) >= 11 is 0. The Morgan fingerprint density at radius 2 is 2.31 bits per heavy atom. The highest BCUT2D eigenvalue weighted by molar-refractivity contribution is 5.13. The van der Waals surface area contributed by atoms with Crippen LogP contribution in [0, 0.1) is 12.3 Å². The third-order valence-corrected chi connectivity index (χ3v) is 3.51. The van der Waals surface area contributed by atoms with Crippen molar-refractivity contribution in [3.8, 4) is 0 Å². The Bertz CT molecular complexity index is 347. The Morgan fingerprint density at radius 1 is 1.50 bits per heavy atom. The summed E-state index contributed by atoms with van der Waals surface area (Å²) in [7, 11) is 0. The molecule has 2 N–H and O–H groups in total. The molecule has 1 aliphatic rings. The molecule has 0 aliphatic carbocycles. The fourth-order valence-corrected chi connectivity index (χ4v) is 2.28. The molecule has 1 aromatic heterocycles. The van der Waals surface area contributed by atoms with Gasteiger partial charge in [-0.05, 0) is 43.5 Å². The van der Waals surface area contributed by atoms with E-state index in [9.17, 15) is 0 Å². The van der Waals surface area contributed by atoms with Crippen LogP contribution in [0.1, 0.15) is 24.6 Å². The van der Waals surface area contributed by atoms with E-state index in [0.29, 0.717) is 5.41 Å². The fraction of sp³-hybridized carbons (Fsp3) is 0.615. The van der Waals surface area contributed by atoms with E-state index in [4.69, 9.17) is 5.73 Å². The van der Waals surface area contributed by atoms with E-state index in [-0.39, 0.29) is 0 Å². The second-order valence-corrected chi connectivity index (χ2v) is 5.28. The molecule has 0 bridgehead atoms. The molecule has 1 aromatic rings. The number of hydrogen-bond acceptors (Lipinski definition) is 3. The van der Waals surface area contributed by atoms with Crippen molar-refractivity contribution in [3.05, 3.63) is 29.6 Å². The van der Waals surface area contributed by atoms with Crippen LogP contribution in [0.15, 0.2) is 18.3 Å². The first-order chi connectivity index (χ1) is 7.61. The summed E-state index contributed by atoms with van der Waals surface area (Å²) in [6, 6.07) is 4.24. The van der Waals surface area contributed by atoms with Crippen LogP contribution in [0.5, 0.6) is 0 Å². The average Bonchev–Trinajstić information content (AvgIpc) is 2.65. The van der Waals surface area contributed by atoms with Crippen molar-refractivity contribution in [2.75, 3.05) is 19.6 Å². The number of pyridine rings is 1. The number of rotatable bonds is 3. The zero-order valence-electron chi connectivity index (χ0n) is 10.2. The normalized spacial score (nSPS) is 26.2. The quantitative estimate of drug-likeness (QED) is 0.839. The van der Waals surface area contributed by atoms with Gasteiger partial charge in [0.2, 0.25) is 0 Å². The predicted octanol–water partition coefficient (Wildman–Crippen LogP) is 1.56. The van der Waals surface area contributed by atoms with Crippen molar-refractivity contribution >= 4 is 0 Å². The number of nitrogens with zero attached hydrogens (tertiary/aromatic N) is 2. The molecule has 3 heteroatoms. The van der Waals surface area contributed by atoms with Gasteiger partial charge in [-0.15, -0.1) is 0 Å². The van der Waals surface area contributed by atoms with E-state index in [1.807, 2.05) is 13.1 Å². The highest BCUT2D eigenvalue weighted by Gasteiger charge is 2.32. The molecular formula is C13H21N3. The number of aromatic nitrogens is 1. The van der Waals surface area contributed by atoms with Crippen LogP contribution < -0.4 is 5.73 Å². The van der Waals surface area contributed by atoms with E-state index in [1.165, 1.54) is 12.0 Å². The molecule has 1 atom stereocenters. The maximum atomic E-state index is 5.80. The highest BCUT2D eigenvalue weighted by atomic mass is 15.2. The molecule has 0 radical (unpaired) electrons. The summed E-state index contributed by atoms with van der Waals surface area (Å²) in [6.07, 6.45) is 3.19. The van der Waals surface area contributed by atoms with Crippen molar-refractivity contribution < 1.29 is 0 Å². The van der Waals surface area contributed by atoms with Gasteiger partial charge in [-0.3, -0.25) is 9.88 Å². The van der Waals surface area contributed by atoms with Gasteiger partial charge in [-0.1, -0.05) is 13.0 Å². The minimum Gasteiger partial charge on any atom is -0.330 e. The predicted molar refractivity (Wildman–Crippen MR) is 66.0 cm³/mol. The van der Waals surface area contributed by atoms with Gasteiger partial charge in [0.15, 0.2) is 0 Å². The lowest BCUT2D eigenvalue weighted by atomic mass is 9.90. The third kappa shape index (κ3) is 2.60. The molecule has 2 rings (SSSR count). The first kappa shape index (κ1) is 11.6. The lowest BCUT2D eigenvalue weighted by Gasteiger charge is -2.22. The van der Waals surface area contributed by atoms with Crippen LogP contribution in [0.25, 0.3) is 0 Å². The van der Waals surface area contributed by atoms with Gasteiger partial charge in [0.1, 0.15) is 0 Å². The standard InChI is InChI=1S/C13H21N3/c1-11-3-4-12(7-15-11)8-16-6-5-13(2,9-14)10-16/h3-4,7H,5-6,8-10,14H2,1-2H3. The van der Waals surface area contributed by atoms with Gasteiger partial charge in [-0.25, -0.2) is 0 Å². The first-order valence-corrected chi connectivity index (χ1v) is 5.95. The van der Waals surface area contributed by atoms with E-state index >= 15 is 0 Å². The van der Waals surface area contributed by atoms with Gasteiger partial charge in [-0.2, -0.15) is 0 Å². The number of likely N-dealkylation sites (tertiary alicyclic amines) is 1. The minimum absolute atomic E-state index is 0.318. The third-order valence-electron chi connectivity index (χ3n) is 3.51. The van der Waals surface area contributed by atoms with Gasteiger partial charge in [0, 0.05) is 25.0 Å². The fourth-order valence-electron chi connectivity index (χ4n) is 2.28. The lowest BCUT2D eigenvalue weighted by Crippen LogP contribution is -2.31. The maximum Gasteiger partial charge on any atom is 0.0372 e. The van der Waals surface area contributed by atoms with Crippen LogP contribution in [-0.4, -0.2) is 29.5 Å². The van der Waals surface area contributed by atoms with E-state index < -0.39 is 0 Å². The molecule has 1 unspecified atom stereocenters. The summed E-state index contributed by atoms with van der Waals surface area (Å²) in [4.78, 5) is 6.80. The summed E-state index contributed by atoms with van der Waals surface area (Å²) in [5.41, 5.74) is 8.50. The number of aryl methyl sites for hydroxylation is 1. The largest absolute Gasteiger partial charge is 0.330 e. The molecule has 1 fully saturated rings. The van der Waals surface area contributed by atoms with Crippen LogP contribution in [0.3, 0.4) is 0 Å². The molecule has 0 amide bonds. The summed E-state index contributed by atoms with van der Waals surface area (Å²) in [6.45, 7) is 8.35. The monoisotopic (exact) mass is 219 g/mol. The van der Waals surface area contributed by atoms with Gasteiger partial charge in [0.05, 0.1) is 0 Å². The van der Waals surface area contributed by atoms with Crippen molar-refractivity contribution in [1.29, 1.82) is 0 Å². The van der Waals surface area contributed by atoms with E-state index in [2.05, 4.69) is 28.9 Å². The SMILES string of the molecule is Cc1ccc(CN2CCC(C)(CN)C2)cn1. The summed E-state index contributed by atoms with van der Waals surface area (Å²) < 4.78 is 0. The second-order valence-electron chi connectivity index (χ2n) is 5.28. The van der Waals surface area contributed by atoms with Crippen LogP contribution in [-0.2, 0) is 6.54 Å². The molecule has 0 spiro atoms. The zero-order chi connectivity index (χ0) is 11.6. The molecule has 1 saturated heterocycles. The number of nitrogens with two attached hydrogens (primary N) is 1. The zero-order valence-corrected chi connectivity index (χ0v) is 10.2. The van der Waals surface area contributed by atoms with E-state index in [1.54, 1.807) is 0 Å². The average molecular weight is 219 g/mol. The Kier molecular flexibility index (Phi) is 3.26. The maximum absolute atomic E-state index is 5.80. The highest BCUT2D eigenvalue weighted by Crippen LogP contribution is 2.29. The summed E-state index contributed by atoms with van der Waals surface area (Å²) in [5, 5.41) is 0. The Hall–Kier alpha value is -0.930. The Morgan fingerprint density at radius 3 is 2.88 bits per heavy atom. The molecular weight excluding hydrogens is 198 g/mol. The van der Waals surface area contributed by atoms with Crippen LogP contribution in [0.2, 0.25) is 0 Å². The Labute approximate surface area is 97.7 Å².